The molecule has 3 rings (SSSR count). The highest BCUT2D eigenvalue weighted by Gasteiger charge is 2.35. The van der Waals surface area contributed by atoms with Gasteiger partial charge in [-0.25, -0.2) is 13.2 Å². The molecule has 0 spiro atoms. The molecule has 0 aliphatic carbocycles. The van der Waals surface area contributed by atoms with Crippen LogP contribution in [0.25, 0.3) is 11.1 Å². The Hall–Kier alpha value is -3.38. The van der Waals surface area contributed by atoms with E-state index in [0.29, 0.717) is 28.1 Å². The van der Waals surface area contributed by atoms with Crippen molar-refractivity contribution in [1.82, 2.24) is 0 Å². The molecule has 0 saturated heterocycles. The van der Waals surface area contributed by atoms with Gasteiger partial charge in [0.2, 0.25) is 5.91 Å². The number of nitriles is 1. The Morgan fingerprint density at radius 3 is 2.28 bits per heavy atom. The van der Waals surface area contributed by atoms with Crippen molar-refractivity contribution < 1.29 is 22.7 Å². The van der Waals surface area contributed by atoms with Gasteiger partial charge in [-0.1, -0.05) is 12.1 Å². The first-order valence-electron chi connectivity index (χ1n) is 10.1. The zero-order valence-electron chi connectivity index (χ0n) is 18.6. The van der Waals surface area contributed by atoms with Gasteiger partial charge in [0.25, 0.3) is 0 Å². The van der Waals surface area contributed by atoms with Gasteiger partial charge >= 0.3 is 6.09 Å². The smallest absolute Gasteiger partial charge is 0.414 e. The van der Waals surface area contributed by atoms with Crippen molar-refractivity contribution in [2.75, 3.05) is 22.6 Å². The molecule has 32 heavy (non-hydrogen) atoms. The first kappa shape index (κ1) is 23.3. The average Bonchev–Trinajstić information content (AvgIpc) is 2.70. The third-order valence-electron chi connectivity index (χ3n) is 5.16. The van der Waals surface area contributed by atoms with E-state index in [2.05, 4.69) is 6.07 Å². The molecule has 0 bridgehead atoms. The molecular formula is C23H25N3O5S. The van der Waals surface area contributed by atoms with Crippen molar-refractivity contribution in [1.29, 1.82) is 5.26 Å². The van der Waals surface area contributed by atoms with Crippen LogP contribution in [0.4, 0.5) is 16.2 Å². The molecule has 2 aromatic carbocycles. The van der Waals surface area contributed by atoms with E-state index in [1.54, 1.807) is 43.0 Å². The fourth-order valence-corrected chi connectivity index (χ4v) is 4.43. The fraction of sp³-hybridized carbons (Fsp3) is 0.348. The number of carbonyl (C=O) groups is 2. The van der Waals surface area contributed by atoms with Gasteiger partial charge in [0, 0.05) is 25.3 Å². The molecule has 0 aromatic heterocycles. The van der Waals surface area contributed by atoms with Gasteiger partial charge in [-0.05, 0) is 50.6 Å². The molecule has 1 unspecified atom stereocenters. The number of sulfone groups is 1. The van der Waals surface area contributed by atoms with Crippen LogP contribution in [-0.4, -0.2) is 45.4 Å². The molecular weight excluding hydrogens is 430 g/mol. The van der Waals surface area contributed by atoms with Crippen LogP contribution in [0.3, 0.4) is 0 Å². The van der Waals surface area contributed by atoms with E-state index in [9.17, 15) is 23.3 Å². The number of hydrogen-bond acceptors (Lipinski definition) is 6. The second kappa shape index (κ2) is 8.63. The Kier molecular flexibility index (Phi) is 6.28. The quantitative estimate of drug-likeness (QED) is 0.698. The lowest BCUT2D eigenvalue weighted by molar-refractivity contribution is -0.117. The highest BCUT2D eigenvalue weighted by atomic mass is 32.2. The first-order valence-corrected chi connectivity index (χ1v) is 12.0. The third-order valence-corrected chi connectivity index (χ3v) is 6.29. The number of hydrogen-bond donors (Lipinski definition) is 0. The number of fused-ring (bicyclic) bond motifs is 1. The van der Waals surface area contributed by atoms with Crippen LogP contribution in [0.1, 0.15) is 33.3 Å². The van der Waals surface area contributed by atoms with Crippen LogP contribution >= 0.6 is 0 Å². The van der Waals surface area contributed by atoms with Gasteiger partial charge in [-0.15, -0.1) is 0 Å². The minimum absolute atomic E-state index is 0.163. The SMILES string of the molecule is CC(=O)N1c2cc(C#N)c(-c3ccc(S(C)(=O)=O)cc3)cc2N(C(=O)OC(C)C)CC1C. The van der Waals surface area contributed by atoms with Crippen molar-refractivity contribution in [3.8, 4) is 17.2 Å². The van der Waals surface area contributed by atoms with Gasteiger partial charge in [0.05, 0.1) is 40.0 Å². The maximum atomic E-state index is 12.8. The van der Waals surface area contributed by atoms with E-state index in [4.69, 9.17) is 4.74 Å². The fourth-order valence-electron chi connectivity index (χ4n) is 3.80. The normalized spacial score (nSPS) is 15.8. The lowest BCUT2D eigenvalue weighted by atomic mass is 9.96. The standard InChI is InChI=1S/C23H25N3O5S/c1-14(2)31-23(28)25-13-15(3)26(16(4)27)22-10-18(12-24)20(11-21(22)25)17-6-8-19(9-7-17)32(5,29)30/h6-11,14-15H,13H2,1-5H3. The van der Waals surface area contributed by atoms with Crippen molar-refractivity contribution in [2.45, 2.75) is 44.7 Å². The summed E-state index contributed by atoms with van der Waals surface area (Å²) in [4.78, 5) is 28.4. The van der Waals surface area contributed by atoms with E-state index in [1.165, 1.54) is 24.0 Å². The van der Waals surface area contributed by atoms with Crippen molar-refractivity contribution in [3.05, 3.63) is 42.0 Å². The first-order chi connectivity index (χ1) is 14.9. The molecule has 9 heteroatoms. The predicted octanol–water partition coefficient (Wildman–Crippen LogP) is 3.74. The second-order valence-corrected chi connectivity index (χ2v) is 10.1. The van der Waals surface area contributed by atoms with Crippen LogP contribution in [-0.2, 0) is 19.4 Å². The van der Waals surface area contributed by atoms with Crippen molar-refractivity contribution >= 4 is 33.2 Å². The molecule has 0 radical (unpaired) electrons. The second-order valence-electron chi connectivity index (χ2n) is 8.08. The molecule has 0 saturated carbocycles. The third kappa shape index (κ3) is 4.46. The lowest BCUT2D eigenvalue weighted by Crippen LogP contribution is -2.51. The highest BCUT2D eigenvalue weighted by molar-refractivity contribution is 7.90. The number of anilines is 2. The summed E-state index contributed by atoms with van der Waals surface area (Å²) >= 11 is 0. The summed E-state index contributed by atoms with van der Waals surface area (Å²) in [5, 5.41) is 9.80. The van der Waals surface area contributed by atoms with Gasteiger partial charge in [0.15, 0.2) is 9.84 Å². The molecule has 1 aliphatic heterocycles. The van der Waals surface area contributed by atoms with Crippen molar-refractivity contribution in [3.63, 3.8) is 0 Å². The molecule has 1 heterocycles. The molecule has 168 valence electrons. The number of carbonyl (C=O) groups excluding carboxylic acids is 2. The van der Waals surface area contributed by atoms with E-state index < -0.39 is 15.9 Å². The number of amides is 2. The number of benzene rings is 2. The van der Waals surface area contributed by atoms with Gasteiger partial charge < -0.3 is 9.64 Å². The molecule has 2 aromatic rings. The van der Waals surface area contributed by atoms with E-state index in [1.807, 2.05) is 6.92 Å². The molecule has 1 aliphatic rings. The molecule has 0 N–H and O–H groups in total. The van der Waals surface area contributed by atoms with Crippen LogP contribution in [0, 0.1) is 11.3 Å². The van der Waals surface area contributed by atoms with E-state index >= 15 is 0 Å². The Morgan fingerprint density at radius 1 is 1.16 bits per heavy atom. The van der Waals surface area contributed by atoms with Crippen LogP contribution < -0.4 is 9.80 Å². The number of nitrogens with zero attached hydrogens (tertiary/aromatic N) is 3. The predicted molar refractivity (Wildman–Crippen MR) is 121 cm³/mol. The van der Waals surface area contributed by atoms with Crippen LogP contribution in [0.15, 0.2) is 41.3 Å². The number of rotatable bonds is 3. The molecule has 2 amide bonds. The molecule has 1 atom stereocenters. The van der Waals surface area contributed by atoms with Crippen LogP contribution in [0.5, 0.6) is 0 Å². The topological polar surface area (TPSA) is 108 Å². The summed E-state index contributed by atoms with van der Waals surface area (Å²) in [6, 6.07) is 11.3. The Morgan fingerprint density at radius 2 is 1.78 bits per heavy atom. The Labute approximate surface area is 187 Å². The monoisotopic (exact) mass is 455 g/mol. The number of ether oxygens (including phenoxy) is 1. The highest BCUT2D eigenvalue weighted by Crippen LogP contribution is 2.41. The summed E-state index contributed by atoms with van der Waals surface area (Å²) in [6.07, 6.45) is 0.255. The molecule has 8 nitrogen and oxygen atoms in total. The summed E-state index contributed by atoms with van der Waals surface area (Å²) in [6.45, 7) is 7.00. The summed E-state index contributed by atoms with van der Waals surface area (Å²) in [5.41, 5.74) is 2.33. The summed E-state index contributed by atoms with van der Waals surface area (Å²) < 4.78 is 29.0. The molecule has 0 fully saturated rings. The van der Waals surface area contributed by atoms with Crippen molar-refractivity contribution in [2.24, 2.45) is 0 Å². The minimum atomic E-state index is -3.36. The average molecular weight is 456 g/mol. The largest absolute Gasteiger partial charge is 0.446 e. The van der Waals surface area contributed by atoms with E-state index in [-0.39, 0.29) is 29.5 Å². The van der Waals surface area contributed by atoms with E-state index in [0.717, 1.165) is 6.26 Å². The maximum absolute atomic E-state index is 12.8. The van der Waals surface area contributed by atoms with Gasteiger partial charge in [0.1, 0.15) is 0 Å². The van der Waals surface area contributed by atoms with Gasteiger partial charge in [-0.3, -0.25) is 9.69 Å². The Balaban J connectivity index is 2.21. The maximum Gasteiger partial charge on any atom is 0.414 e. The minimum Gasteiger partial charge on any atom is -0.446 e. The zero-order chi connectivity index (χ0) is 23.8. The Bertz CT molecular complexity index is 1210. The summed E-state index contributed by atoms with van der Waals surface area (Å²) in [5.74, 6) is -0.204. The van der Waals surface area contributed by atoms with Crippen LogP contribution in [0.2, 0.25) is 0 Å². The lowest BCUT2D eigenvalue weighted by Gasteiger charge is -2.40. The summed E-state index contributed by atoms with van der Waals surface area (Å²) in [7, 11) is -3.36. The zero-order valence-corrected chi connectivity index (χ0v) is 19.4. The van der Waals surface area contributed by atoms with Gasteiger partial charge in [-0.2, -0.15) is 5.26 Å².